The van der Waals surface area contributed by atoms with Gasteiger partial charge in [0.1, 0.15) is 0 Å². The third kappa shape index (κ3) is 5.23. The molecule has 0 spiro atoms. The largest absolute Gasteiger partial charge is 0.253 e. The summed E-state index contributed by atoms with van der Waals surface area (Å²) in [6.07, 6.45) is 1.77. The highest BCUT2D eigenvalue weighted by atomic mass is 32.1. The van der Waals surface area contributed by atoms with Crippen LogP contribution in [0.5, 0.6) is 0 Å². The molecule has 0 unspecified atom stereocenters. The Bertz CT molecular complexity index is 519. The van der Waals surface area contributed by atoms with Crippen LogP contribution in [-0.2, 0) is 0 Å². The normalized spacial score (nSPS) is 9.89. The first-order valence-electron chi connectivity index (χ1n) is 5.79. The highest BCUT2D eigenvalue weighted by Crippen LogP contribution is 2.16. The second-order valence-corrected chi connectivity index (χ2v) is 4.30. The molecule has 3 nitrogen and oxygen atoms in total. The number of hydrogen-bond acceptors (Lipinski definition) is 4. The van der Waals surface area contributed by atoms with Crippen LogP contribution in [0.1, 0.15) is 0 Å². The fraction of sp³-hybridized carbons (Fsp3) is 0. The first-order chi connectivity index (χ1) is 9.45. The molecule has 0 saturated heterocycles. The summed E-state index contributed by atoms with van der Waals surface area (Å²) in [5.41, 5.74) is 3.53. The van der Waals surface area contributed by atoms with E-state index < -0.39 is 0 Å². The van der Waals surface area contributed by atoms with Gasteiger partial charge in [0.25, 0.3) is 0 Å². The lowest BCUT2D eigenvalue weighted by Crippen LogP contribution is -1.62. The van der Waals surface area contributed by atoms with E-state index in [2.05, 4.69) is 15.2 Å². The molecule has 0 atom stereocenters. The predicted octanol–water partition coefficient (Wildman–Crippen LogP) is 5.25. The molecule has 0 aliphatic rings. The molecule has 0 fully saturated rings. The lowest BCUT2D eigenvalue weighted by atomic mass is 10.3. The number of rotatable bonds is 2. The van der Waals surface area contributed by atoms with Crippen LogP contribution < -0.4 is 0 Å². The summed E-state index contributed by atoms with van der Waals surface area (Å²) in [4.78, 5) is 3.74. The maximum Gasteiger partial charge on any atom is 0.0857 e. The smallest absolute Gasteiger partial charge is 0.0857 e. The second kappa shape index (κ2) is 7.89. The van der Waals surface area contributed by atoms with Gasteiger partial charge in [0, 0.05) is 11.6 Å². The molecular weight excluding hydrogens is 254 g/mol. The molecule has 0 bridgehead atoms. The fourth-order valence-corrected chi connectivity index (χ4v) is 1.63. The van der Waals surface area contributed by atoms with Gasteiger partial charge in [-0.15, -0.1) is 11.3 Å². The van der Waals surface area contributed by atoms with Crippen molar-refractivity contribution in [1.82, 2.24) is 4.98 Å². The summed E-state index contributed by atoms with van der Waals surface area (Å²) in [6, 6.07) is 19.4. The molecular formula is C15H13N3S. The van der Waals surface area contributed by atoms with Crippen molar-refractivity contribution in [3.05, 3.63) is 77.8 Å². The molecule has 0 aliphatic carbocycles. The SMILES string of the molecule is c1ccc(N=Nc2ccccc2)cc1.c1cscn1. The van der Waals surface area contributed by atoms with E-state index in [9.17, 15) is 0 Å². The van der Waals surface area contributed by atoms with Gasteiger partial charge in [-0.1, -0.05) is 36.4 Å². The molecule has 19 heavy (non-hydrogen) atoms. The van der Waals surface area contributed by atoms with Crippen LogP contribution in [0.25, 0.3) is 0 Å². The summed E-state index contributed by atoms with van der Waals surface area (Å²) in [6.45, 7) is 0. The number of nitrogens with zero attached hydrogens (tertiary/aromatic N) is 3. The summed E-state index contributed by atoms with van der Waals surface area (Å²) in [7, 11) is 0. The van der Waals surface area contributed by atoms with E-state index in [0.717, 1.165) is 11.4 Å². The van der Waals surface area contributed by atoms with Crippen molar-refractivity contribution in [3.8, 4) is 0 Å². The van der Waals surface area contributed by atoms with Gasteiger partial charge in [-0.2, -0.15) is 10.2 Å². The molecule has 3 aromatic rings. The monoisotopic (exact) mass is 267 g/mol. The molecule has 0 N–H and O–H groups in total. The van der Waals surface area contributed by atoms with Crippen LogP contribution >= 0.6 is 11.3 Å². The standard InChI is InChI=1S/C12H10N2.C3H3NS/c1-3-7-11(8-4-1)13-14-12-9-5-2-6-10-12;1-2-5-3-4-1/h1-10H;1-3H. The van der Waals surface area contributed by atoms with Crippen molar-refractivity contribution in [2.24, 2.45) is 10.2 Å². The average Bonchev–Trinajstić information content (AvgIpc) is 3.07. The van der Waals surface area contributed by atoms with Crippen LogP contribution in [0, 0.1) is 0 Å². The Hall–Kier alpha value is -2.33. The Morgan fingerprint density at radius 1 is 0.737 bits per heavy atom. The van der Waals surface area contributed by atoms with Crippen molar-refractivity contribution < 1.29 is 0 Å². The maximum absolute atomic E-state index is 4.10. The Labute approximate surface area is 116 Å². The predicted molar refractivity (Wildman–Crippen MR) is 79.2 cm³/mol. The lowest BCUT2D eigenvalue weighted by Gasteiger charge is -1.91. The number of hydrogen-bond donors (Lipinski definition) is 0. The van der Waals surface area contributed by atoms with E-state index >= 15 is 0 Å². The number of azo groups is 1. The molecule has 2 aromatic carbocycles. The summed E-state index contributed by atoms with van der Waals surface area (Å²) >= 11 is 1.60. The number of aromatic nitrogens is 1. The van der Waals surface area contributed by atoms with E-state index in [-0.39, 0.29) is 0 Å². The van der Waals surface area contributed by atoms with Gasteiger partial charge in [-0.25, -0.2) is 0 Å². The van der Waals surface area contributed by atoms with E-state index in [0.29, 0.717) is 0 Å². The Kier molecular flexibility index (Phi) is 5.45. The molecule has 1 aromatic heterocycles. The molecule has 0 aliphatic heterocycles. The summed E-state index contributed by atoms with van der Waals surface area (Å²) in [5.74, 6) is 0. The van der Waals surface area contributed by atoms with Gasteiger partial charge in [-0.05, 0) is 24.3 Å². The maximum atomic E-state index is 4.10. The van der Waals surface area contributed by atoms with Crippen molar-refractivity contribution >= 4 is 22.7 Å². The minimum atomic E-state index is 0.872. The third-order valence-corrected chi connectivity index (χ3v) is 2.66. The van der Waals surface area contributed by atoms with E-state index in [4.69, 9.17) is 0 Å². The van der Waals surface area contributed by atoms with Gasteiger partial charge in [0.15, 0.2) is 0 Å². The van der Waals surface area contributed by atoms with E-state index in [1.807, 2.05) is 66.0 Å². The average molecular weight is 267 g/mol. The zero-order valence-corrected chi connectivity index (χ0v) is 11.1. The van der Waals surface area contributed by atoms with Gasteiger partial charge in [0.05, 0.1) is 16.9 Å². The lowest BCUT2D eigenvalue weighted by molar-refractivity contribution is 1.23. The highest BCUT2D eigenvalue weighted by Gasteiger charge is 1.86. The molecule has 0 saturated carbocycles. The zero-order chi connectivity index (χ0) is 13.2. The molecule has 0 radical (unpaired) electrons. The van der Waals surface area contributed by atoms with E-state index in [1.54, 1.807) is 23.0 Å². The summed E-state index contributed by atoms with van der Waals surface area (Å²) in [5, 5.41) is 10.1. The van der Waals surface area contributed by atoms with Crippen LogP contribution in [0.15, 0.2) is 88.0 Å². The topological polar surface area (TPSA) is 37.6 Å². The minimum Gasteiger partial charge on any atom is -0.253 e. The summed E-state index contributed by atoms with van der Waals surface area (Å²) < 4.78 is 0. The van der Waals surface area contributed by atoms with Crippen molar-refractivity contribution in [1.29, 1.82) is 0 Å². The third-order valence-electron chi connectivity index (χ3n) is 2.14. The molecule has 4 heteroatoms. The first kappa shape index (κ1) is 13.1. The number of thiazole rings is 1. The van der Waals surface area contributed by atoms with Gasteiger partial charge >= 0.3 is 0 Å². The second-order valence-electron chi connectivity index (χ2n) is 3.55. The fourth-order valence-electron chi connectivity index (χ4n) is 1.28. The van der Waals surface area contributed by atoms with Crippen LogP contribution in [0.4, 0.5) is 11.4 Å². The number of benzene rings is 2. The highest BCUT2D eigenvalue weighted by molar-refractivity contribution is 7.07. The van der Waals surface area contributed by atoms with Crippen molar-refractivity contribution in [2.75, 3.05) is 0 Å². The van der Waals surface area contributed by atoms with Gasteiger partial charge in [-0.3, -0.25) is 4.98 Å². The molecule has 0 amide bonds. The van der Waals surface area contributed by atoms with Gasteiger partial charge < -0.3 is 0 Å². The first-order valence-corrected chi connectivity index (χ1v) is 6.73. The van der Waals surface area contributed by atoms with Crippen molar-refractivity contribution in [2.45, 2.75) is 0 Å². The van der Waals surface area contributed by atoms with Crippen LogP contribution in [0.2, 0.25) is 0 Å². The minimum absolute atomic E-state index is 0.872. The molecule has 94 valence electrons. The Morgan fingerprint density at radius 3 is 1.58 bits per heavy atom. The Balaban J connectivity index is 0.000000224. The van der Waals surface area contributed by atoms with Crippen molar-refractivity contribution in [3.63, 3.8) is 0 Å². The van der Waals surface area contributed by atoms with E-state index in [1.165, 1.54) is 0 Å². The van der Waals surface area contributed by atoms with Crippen LogP contribution in [-0.4, -0.2) is 4.98 Å². The Morgan fingerprint density at radius 2 is 1.26 bits per heavy atom. The van der Waals surface area contributed by atoms with Crippen LogP contribution in [0.3, 0.4) is 0 Å². The quantitative estimate of drug-likeness (QED) is 0.585. The van der Waals surface area contributed by atoms with Gasteiger partial charge in [0.2, 0.25) is 0 Å². The molecule has 3 rings (SSSR count). The zero-order valence-electron chi connectivity index (χ0n) is 10.3. The molecule has 1 heterocycles.